The molecule has 2 rings (SSSR count). The Morgan fingerprint density at radius 3 is 2.52 bits per heavy atom. The molecule has 0 spiro atoms. The van der Waals surface area contributed by atoms with Crippen molar-refractivity contribution in [2.45, 2.75) is 26.9 Å². The minimum Gasteiger partial charge on any atom is -0.434 e. The van der Waals surface area contributed by atoms with Gasteiger partial charge in [0.05, 0.1) is 0 Å². The van der Waals surface area contributed by atoms with Crippen LogP contribution in [-0.2, 0) is 0 Å². The lowest BCUT2D eigenvalue weighted by Crippen LogP contribution is -2.29. The van der Waals surface area contributed by atoms with E-state index in [1.165, 1.54) is 0 Å². The topological polar surface area (TPSA) is 49.8 Å². The van der Waals surface area contributed by atoms with Gasteiger partial charge in [-0.2, -0.15) is 8.78 Å². The second-order valence-electron chi connectivity index (χ2n) is 5.41. The fraction of sp³-hybridized carbons (Fsp3) is 0.533. The number of hydrogen-bond acceptors (Lipinski definition) is 3. The monoisotopic (exact) mass is 299 g/mol. The summed E-state index contributed by atoms with van der Waals surface area (Å²) < 4.78 is 29.2. The van der Waals surface area contributed by atoms with Gasteiger partial charge in [0.25, 0.3) is 5.91 Å². The highest BCUT2D eigenvalue weighted by molar-refractivity contribution is 5.95. The maximum atomic E-state index is 12.4. The van der Waals surface area contributed by atoms with Gasteiger partial charge in [-0.15, -0.1) is 0 Å². The second kappa shape index (κ2) is 6.39. The van der Waals surface area contributed by atoms with Crippen LogP contribution in [0, 0.1) is 19.8 Å². The molecule has 21 heavy (non-hydrogen) atoms. The maximum absolute atomic E-state index is 12.4. The van der Waals surface area contributed by atoms with Crippen molar-refractivity contribution in [1.82, 2.24) is 4.90 Å². The predicted molar refractivity (Wildman–Crippen MR) is 73.6 cm³/mol. The highest BCUT2D eigenvalue weighted by atomic mass is 19.3. The van der Waals surface area contributed by atoms with Gasteiger partial charge in [0.2, 0.25) is 0 Å². The third-order valence-electron chi connectivity index (χ3n) is 3.75. The molecule has 1 amide bonds. The number of rotatable bonds is 4. The summed E-state index contributed by atoms with van der Waals surface area (Å²) in [5.74, 6) is 0.106. The van der Waals surface area contributed by atoms with E-state index in [9.17, 15) is 13.6 Å². The smallest absolute Gasteiger partial charge is 0.387 e. The van der Waals surface area contributed by atoms with Crippen LogP contribution in [0.15, 0.2) is 12.1 Å². The molecule has 0 aromatic heterocycles. The number of ether oxygens (including phenoxy) is 1. The molecule has 1 aliphatic heterocycles. The molecule has 6 heteroatoms. The zero-order valence-corrected chi connectivity index (χ0v) is 12.1. The Kier molecular flexibility index (Phi) is 4.77. The minimum absolute atomic E-state index is 0.0724. The van der Waals surface area contributed by atoms with Crippen LogP contribution >= 0.6 is 0 Å². The van der Waals surface area contributed by atoms with Gasteiger partial charge in [0.1, 0.15) is 5.75 Å². The molecule has 1 aromatic rings. The standard InChI is InChI=1S/C15H19F2NO3/c1-9-5-12(6-10(2)13(9)21-15(16)17)14(20)18-4-3-11(7-18)8-19/h5-6,11,15,19H,3-4,7-8H2,1-2H3. The molecule has 1 atom stereocenters. The number of alkyl halides is 2. The predicted octanol–water partition coefficient (Wildman–Crippen LogP) is 2.36. The van der Waals surface area contributed by atoms with Crippen molar-refractivity contribution in [2.75, 3.05) is 19.7 Å². The second-order valence-corrected chi connectivity index (χ2v) is 5.41. The fourth-order valence-electron chi connectivity index (χ4n) is 2.70. The summed E-state index contributed by atoms with van der Waals surface area (Å²) in [4.78, 5) is 14.1. The van der Waals surface area contributed by atoms with Crippen molar-refractivity contribution in [3.8, 4) is 5.75 Å². The molecular formula is C15H19F2NO3. The van der Waals surface area contributed by atoms with Crippen molar-refractivity contribution < 1.29 is 23.4 Å². The molecule has 116 valence electrons. The van der Waals surface area contributed by atoms with Gasteiger partial charge in [-0.05, 0) is 43.5 Å². The lowest BCUT2D eigenvalue weighted by molar-refractivity contribution is -0.0507. The van der Waals surface area contributed by atoms with Crippen LogP contribution < -0.4 is 4.74 Å². The van der Waals surface area contributed by atoms with Crippen molar-refractivity contribution in [3.63, 3.8) is 0 Å². The first-order chi connectivity index (χ1) is 9.92. The number of halogens is 2. The Balaban J connectivity index is 2.19. The van der Waals surface area contributed by atoms with Crippen LogP contribution in [0.5, 0.6) is 5.75 Å². The summed E-state index contributed by atoms with van der Waals surface area (Å²) in [7, 11) is 0. The Morgan fingerprint density at radius 2 is 2.05 bits per heavy atom. The normalized spacial score (nSPS) is 18.4. The molecule has 1 saturated heterocycles. The van der Waals surface area contributed by atoms with Crippen LogP contribution in [0.2, 0.25) is 0 Å². The van der Waals surface area contributed by atoms with E-state index in [-0.39, 0.29) is 24.2 Å². The summed E-state index contributed by atoms with van der Waals surface area (Å²) in [6, 6.07) is 3.14. The van der Waals surface area contributed by atoms with Gasteiger partial charge in [-0.3, -0.25) is 4.79 Å². The first-order valence-electron chi connectivity index (χ1n) is 6.88. The van der Waals surface area contributed by atoms with E-state index in [0.29, 0.717) is 29.8 Å². The molecule has 0 bridgehead atoms. The third-order valence-corrected chi connectivity index (χ3v) is 3.75. The van der Waals surface area contributed by atoms with Crippen LogP contribution in [-0.4, -0.2) is 42.2 Å². The number of aryl methyl sites for hydroxylation is 2. The number of aliphatic hydroxyl groups excluding tert-OH is 1. The van der Waals surface area contributed by atoms with E-state index >= 15 is 0 Å². The number of carbonyl (C=O) groups excluding carboxylic acids is 1. The van der Waals surface area contributed by atoms with Gasteiger partial charge in [-0.25, -0.2) is 0 Å². The average Bonchev–Trinajstić information content (AvgIpc) is 2.90. The van der Waals surface area contributed by atoms with Crippen LogP contribution in [0.3, 0.4) is 0 Å². The van der Waals surface area contributed by atoms with Gasteiger partial charge >= 0.3 is 6.61 Å². The molecule has 0 aliphatic carbocycles. The fourth-order valence-corrected chi connectivity index (χ4v) is 2.70. The zero-order chi connectivity index (χ0) is 15.6. The molecule has 1 aromatic carbocycles. The maximum Gasteiger partial charge on any atom is 0.387 e. The van der Waals surface area contributed by atoms with Gasteiger partial charge in [0, 0.05) is 31.2 Å². The van der Waals surface area contributed by atoms with Crippen molar-refractivity contribution in [1.29, 1.82) is 0 Å². The van der Waals surface area contributed by atoms with Gasteiger partial charge < -0.3 is 14.7 Å². The quantitative estimate of drug-likeness (QED) is 0.928. The van der Waals surface area contributed by atoms with E-state index in [0.717, 1.165) is 6.42 Å². The highest BCUT2D eigenvalue weighted by Gasteiger charge is 2.27. The van der Waals surface area contributed by atoms with Gasteiger partial charge in [-0.1, -0.05) is 0 Å². The molecule has 1 fully saturated rings. The summed E-state index contributed by atoms with van der Waals surface area (Å²) >= 11 is 0. The first-order valence-corrected chi connectivity index (χ1v) is 6.88. The molecule has 1 aliphatic rings. The number of amides is 1. The molecule has 4 nitrogen and oxygen atoms in total. The number of benzene rings is 1. The van der Waals surface area contributed by atoms with E-state index in [2.05, 4.69) is 4.74 Å². The highest BCUT2D eigenvalue weighted by Crippen LogP contribution is 2.28. The molecule has 1 unspecified atom stereocenters. The average molecular weight is 299 g/mol. The number of aliphatic hydroxyl groups is 1. The summed E-state index contributed by atoms with van der Waals surface area (Å²) in [6.07, 6.45) is 0.785. The van der Waals surface area contributed by atoms with Crippen molar-refractivity contribution in [3.05, 3.63) is 28.8 Å². The Bertz CT molecular complexity index is 511. The first kappa shape index (κ1) is 15.7. The summed E-state index contributed by atoms with van der Waals surface area (Å²) in [6.45, 7) is 1.61. The van der Waals surface area contributed by atoms with Crippen molar-refractivity contribution in [2.24, 2.45) is 5.92 Å². The van der Waals surface area contributed by atoms with E-state index in [1.54, 1.807) is 30.9 Å². The van der Waals surface area contributed by atoms with Crippen LogP contribution in [0.4, 0.5) is 8.78 Å². The molecular weight excluding hydrogens is 280 g/mol. The Labute approximate surface area is 122 Å². The number of nitrogens with zero attached hydrogens (tertiary/aromatic N) is 1. The summed E-state index contributed by atoms with van der Waals surface area (Å²) in [5, 5.41) is 9.12. The molecule has 1 N–H and O–H groups in total. The van der Waals surface area contributed by atoms with Crippen LogP contribution in [0.1, 0.15) is 27.9 Å². The lowest BCUT2D eigenvalue weighted by Gasteiger charge is -2.18. The van der Waals surface area contributed by atoms with Crippen molar-refractivity contribution >= 4 is 5.91 Å². The molecule has 1 heterocycles. The third kappa shape index (κ3) is 3.50. The summed E-state index contributed by atoms with van der Waals surface area (Å²) in [5.41, 5.74) is 1.48. The Hall–Kier alpha value is -1.69. The molecule has 0 saturated carbocycles. The van der Waals surface area contributed by atoms with Gasteiger partial charge in [0.15, 0.2) is 0 Å². The minimum atomic E-state index is -2.88. The number of likely N-dealkylation sites (tertiary alicyclic amines) is 1. The van der Waals surface area contributed by atoms with E-state index in [4.69, 9.17) is 5.11 Å². The SMILES string of the molecule is Cc1cc(C(=O)N2CCC(CO)C2)cc(C)c1OC(F)F. The largest absolute Gasteiger partial charge is 0.434 e. The lowest BCUT2D eigenvalue weighted by atomic mass is 10.0. The number of hydrogen-bond donors (Lipinski definition) is 1. The van der Waals surface area contributed by atoms with Crippen LogP contribution in [0.25, 0.3) is 0 Å². The Morgan fingerprint density at radius 1 is 1.43 bits per heavy atom. The molecule has 0 radical (unpaired) electrons. The number of carbonyl (C=O) groups is 1. The van der Waals surface area contributed by atoms with E-state index in [1.807, 2.05) is 0 Å². The van der Waals surface area contributed by atoms with E-state index < -0.39 is 6.61 Å². The zero-order valence-electron chi connectivity index (χ0n) is 12.1.